The number of nitrogens with zero attached hydrogens (tertiary/aromatic N) is 6. The molecule has 0 aliphatic carbocycles. The summed E-state index contributed by atoms with van der Waals surface area (Å²) in [5.74, 6) is 1.41. The first-order valence-corrected chi connectivity index (χ1v) is 8.81. The van der Waals surface area contributed by atoms with Gasteiger partial charge in [-0.2, -0.15) is 5.10 Å². The predicted octanol–water partition coefficient (Wildman–Crippen LogP) is 2.50. The van der Waals surface area contributed by atoms with E-state index in [4.69, 9.17) is 9.15 Å². The summed E-state index contributed by atoms with van der Waals surface area (Å²) in [4.78, 5) is 13.1. The van der Waals surface area contributed by atoms with Crippen molar-refractivity contribution < 1.29 is 9.15 Å². The van der Waals surface area contributed by atoms with Gasteiger partial charge in [-0.15, -0.1) is 5.10 Å². The van der Waals surface area contributed by atoms with Crippen LogP contribution in [0.2, 0.25) is 0 Å². The molecule has 0 spiro atoms. The molecule has 3 aromatic heterocycles. The number of rotatable bonds is 3. The van der Waals surface area contributed by atoms with Crippen LogP contribution in [0.4, 0.5) is 11.5 Å². The Kier molecular flexibility index (Phi) is 3.74. The van der Waals surface area contributed by atoms with E-state index in [1.165, 1.54) is 6.33 Å². The topological polar surface area (TPSA) is 80.4 Å². The monoisotopic (exact) mass is 362 g/mol. The van der Waals surface area contributed by atoms with Crippen LogP contribution in [0, 0.1) is 0 Å². The van der Waals surface area contributed by atoms with Crippen LogP contribution in [0.25, 0.3) is 21.9 Å². The quantitative estimate of drug-likeness (QED) is 0.550. The zero-order valence-corrected chi connectivity index (χ0v) is 14.9. The molecule has 1 aliphatic rings. The Balaban J connectivity index is 1.39. The van der Waals surface area contributed by atoms with Crippen molar-refractivity contribution in [2.45, 2.75) is 0 Å². The normalized spacial score (nSPS) is 14.9. The zero-order valence-electron chi connectivity index (χ0n) is 14.9. The molecule has 4 aromatic rings. The molecule has 0 saturated carbocycles. The lowest BCUT2D eigenvalue weighted by Crippen LogP contribution is -2.47. The maximum absolute atomic E-state index is 5.60. The predicted molar refractivity (Wildman–Crippen MR) is 102 cm³/mol. The van der Waals surface area contributed by atoms with Gasteiger partial charge >= 0.3 is 0 Å². The van der Waals surface area contributed by atoms with E-state index in [0.717, 1.165) is 59.6 Å². The van der Waals surface area contributed by atoms with Crippen molar-refractivity contribution in [1.29, 1.82) is 0 Å². The average Bonchev–Trinajstić information content (AvgIpc) is 3.22. The number of hydrogen-bond donors (Lipinski definition) is 0. The largest absolute Gasteiger partial charge is 0.480 e. The first-order chi connectivity index (χ1) is 13.3. The molecule has 0 N–H and O–H groups in total. The molecule has 0 atom stereocenters. The molecule has 1 aromatic carbocycles. The molecule has 8 heteroatoms. The van der Waals surface area contributed by atoms with Crippen LogP contribution >= 0.6 is 0 Å². The van der Waals surface area contributed by atoms with E-state index >= 15 is 0 Å². The van der Waals surface area contributed by atoms with Crippen LogP contribution in [-0.4, -0.2) is 53.5 Å². The van der Waals surface area contributed by atoms with E-state index in [9.17, 15) is 0 Å². The molecule has 0 radical (unpaired) electrons. The lowest BCUT2D eigenvalue weighted by atomic mass is 10.2. The molecular weight excluding hydrogens is 344 g/mol. The summed E-state index contributed by atoms with van der Waals surface area (Å²) in [5.41, 5.74) is 2.81. The number of methoxy groups -OCH3 is 1. The summed E-state index contributed by atoms with van der Waals surface area (Å²) >= 11 is 0. The maximum atomic E-state index is 5.60. The number of fused-ring (bicyclic) bond motifs is 2. The number of aromatic nitrogens is 4. The van der Waals surface area contributed by atoms with Gasteiger partial charge in [-0.3, -0.25) is 0 Å². The Morgan fingerprint density at radius 1 is 1.04 bits per heavy atom. The second kappa shape index (κ2) is 6.39. The molecule has 27 heavy (non-hydrogen) atoms. The minimum absolute atomic E-state index is 0.597. The molecule has 4 heterocycles. The Labute approximate surface area is 155 Å². The van der Waals surface area contributed by atoms with Crippen molar-refractivity contribution in [2.24, 2.45) is 0 Å². The van der Waals surface area contributed by atoms with Gasteiger partial charge in [0, 0.05) is 37.3 Å². The molecule has 0 amide bonds. The SMILES string of the molecule is COc1ncnc2ccc(N3CCN(c4nncc5ccoc45)CC3)cc12. The number of ether oxygens (including phenoxy) is 1. The number of benzene rings is 1. The fraction of sp³-hybridized carbons (Fsp3) is 0.263. The number of hydrogen-bond acceptors (Lipinski definition) is 8. The summed E-state index contributed by atoms with van der Waals surface area (Å²) < 4.78 is 11.0. The van der Waals surface area contributed by atoms with Gasteiger partial charge in [0.1, 0.15) is 6.33 Å². The van der Waals surface area contributed by atoms with Crippen LogP contribution in [0.15, 0.2) is 47.5 Å². The van der Waals surface area contributed by atoms with E-state index in [1.54, 1.807) is 19.6 Å². The summed E-state index contributed by atoms with van der Waals surface area (Å²) in [6.45, 7) is 3.44. The van der Waals surface area contributed by atoms with E-state index in [2.05, 4.69) is 42.1 Å². The van der Waals surface area contributed by atoms with Gasteiger partial charge in [0.05, 0.1) is 30.5 Å². The molecule has 1 saturated heterocycles. The van der Waals surface area contributed by atoms with Gasteiger partial charge in [-0.1, -0.05) is 0 Å². The van der Waals surface area contributed by atoms with Gasteiger partial charge in [0.2, 0.25) is 5.88 Å². The highest BCUT2D eigenvalue weighted by Crippen LogP contribution is 2.29. The molecule has 0 bridgehead atoms. The summed E-state index contributed by atoms with van der Waals surface area (Å²) in [5, 5.41) is 10.3. The van der Waals surface area contributed by atoms with Crippen molar-refractivity contribution in [2.75, 3.05) is 43.1 Å². The van der Waals surface area contributed by atoms with Gasteiger partial charge in [0.15, 0.2) is 11.4 Å². The fourth-order valence-electron chi connectivity index (χ4n) is 3.56. The number of piperazine rings is 1. The highest BCUT2D eigenvalue weighted by molar-refractivity contribution is 5.87. The van der Waals surface area contributed by atoms with Crippen molar-refractivity contribution >= 4 is 33.4 Å². The Morgan fingerprint density at radius 2 is 1.89 bits per heavy atom. The minimum atomic E-state index is 0.597. The third-order valence-corrected chi connectivity index (χ3v) is 4.97. The van der Waals surface area contributed by atoms with Crippen LogP contribution in [-0.2, 0) is 0 Å². The summed E-state index contributed by atoms with van der Waals surface area (Å²) in [6, 6.07) is 8.11. The highest BCUT2D eigenvalue weighted by atomic mass is 16.5. The van der Waals surface area contributed by atoms with Gasteiger partial charge in [-0.25, -0.2) is 9.97 Å². The third-order valence-electron chi connectivity index (χ3n) is 4.97. The molecule has 0 unspecified atom stereocenters. The van der Waals surface area contributed by atoms with Crippen molar-refractivity contribution in [3.05, 3.63) is 43.1 Å². The fourth-order valence-corrected chi connectivity index (χ4v) is 3.56. The maximum Gasteiger partial charge on any atom is 0.224 e. The Hall–Kier alpha value is -3.42. The second-order valence-corrected chi connectivity index (χ2v) is 6.43. The number of furan rings is 1. The van der Waals surface area contributed by atoms with Crippen molar-refractivity contribution in [3.63, 3.8) is 0 Å². The average molecular weight is 362 g/mol. The first-order valence-electron chi connectivity index (χ1n) is 8.81. The smallest absolute Gasteiger partial charge is 0.224 e. The van der Waals surface area contributed by atoms with Gasteiger partial charge in [0.25, 0.3) is 0 Å². The Morgan fingerprint density at radius 3 is 2.74 bits per heavy atom. The zero-order chi connectivity index (χ0) is 18.2. The van der Waals surface area contributed by atoms with E-state index < -0.39 is 0 Å². The molecule has 1 fully saturated rings. The molecule has 5 rings (SSSR count). The van der Waals surface area contributed by atoms with Crippen LogP contribution in [0.3, 0.4) is 0 Å². The summed E-state index contributed by atoms with van der Waals surface area (Å²) in [7, 11) is 1.63. The molecule has 136 valence electrons. The lowest BCUT2D eigenvalue weighted by Gasteiger charge is -2.36. The number of anilines is 2. The van der Waals surface area contributed by atoms with E-state index in [1.807, 2.05) is 12.1 Å². The van der Waals surface area contributed by atoms with Crippen LogP contribution in [0.1, 0.15) is 0 Å². The summed E-state index contributed by atoms with van der Waals surface area (Å²) in [6.07, 6.45) is 4.93. The van der Waals surface area contributed by atoms with E-state index in [-0.39, 0.29) is 0 Å². The molecule has 1 aliphatic heterocycles. The van der Waals surface area contributed by atoms with Crippen LogP contribution in [0.5, 0.6) is 5.88 Å². The standard InChI is InChI=1S/C19H18N6O2/c1-26-19-15-10-14(2-3-16(15)20-12-21-19)24-5-7-25(8-6-24)18-17-13(4-9-27-17)11-22-23-18/h2-4,9-12H,5-8H2,1H3. The van der Waals surface area contributed by atoms with Gasteiger partial charge < -0.3 is 19.0 Å². The minimum Gasteiger partial charge on any atom is -0.480 e. The molecular formula is C19H18N6O2. The van der Waals surface area contributed by atoms with Gasteiger partial charge in [-0.05, 0) is 24.3 Å². The molecule has 8 nitrogen and oxygen atoms in total. The van der Waals surface area contributed by atoms with Crippen LogP contribution < -0.4 is 14.5 Å². The second-order valence-electron chi connectivity index (χ2n) is 6.43. The van der Waals surface area contributed by atoms with Crippen molar-refractivity contribution in [1.82, 2.24) is 20.2 Å². The highest BCUT2D eigenvalue weighted by Gasteiger charge is 2.22. The van der Waals surface area contributed by atoms with E-state index in [0.29, 0.717) is 5.88 Å². The Bertz CT molecular complexity index is 1100. The first kappa shape index (κ1) is 15.8. The lowest BCUT2D eigenvalue weighted by molar-refractivity contribution is 0.402. The van der Waals surface area contributed by atoms with Crippen molar-refractivity contribution in [3.8, 4) is 5.88 Å². The third kappa shape index (κ3) is 2.69.